The molecule has 0 fully saturated rings. The normalized spacial score (nSPS) is 11.9. The molecule has 0 saturated heterocycles. The molecule has 2 aromatic heterocycles. The summed E-state index contributed by atoms with van der Waals surface area (Å²) in [7, 11) is 0. The molecule has 69 heavy (non-hydrogen) atoms. The second kappa shape index (κ2) is 16.1. The number of anilines is 6. The molecule has 3 nitrogen and oxygen atoms in total. The molecule has 0 bridgehead atoms. The van der Waals surface area contributed by atoms with Crippen LogP contribution in [0.5, 0.6) is 11.5 Å². The van der Waals surface area contributed by atoms with Gasteiger partial charge in [0.2, 0.25) is 0 Å². The minimum Gasteiger partial charge on any atom is -0.456 e. The van der Waals surface area contributed by atoms with E-state index in [2.05, 4.69) is 252 Å². The third-order valence-corrected chi connectivity index (χ3v) is 16.1. The van der Waals surface area contributed by atoms with Gasteiger partial charge in [-0.25, -0.2) is 0 Å². The minimum atomic E-state index is 0.832. The maximum absolute atomic E-state index is 7.11. The summed E-state index contributed by atoms with van der Waals surface area (Å²) >= 11 is 3.70. The maximum atomic E-state index is 7.11. The van der Waals surface area contributed by atoms with Gasteiger partial charge in [0.15, 0.2) is 0 Å². The molecule has 3 heterocycles. The van der Waals surface area contributed by atoms with Crippen LogP contribution < -0.4 is 14.5 Å². The Morgan fingerprint density at radius 3 is 1.36 bits per heavy atom. The van der Waals surface area contributed by atoms with Crippen molar-refractivity contribution in [1.82, 2.24) is 0 Å². The molecular formula is C64H40N2OS2. The van der Waals surface area contributed by atoms with E-state index in [1.165, 1.54) is 62.6 Å². The second-order valence-electron chi connectivity index (χ2n) is 17.6. The van der Waals surface area contributed by atoms with Crippen molar-refractivity contribution in [2.24, 2.45) is 0 Å². The monoisotopic (exact) mass is 916 g/mol. The molecule has 14 rings (SSSR count). The molecular weight excluding hydrogens is 877 g/mol. The Labute approximate surface area is 407 Å². The van der Waals surface area contributed by atoms with Crippen LogP contribution in [0.3, 0.4) is 0 Å². The first-order valence-corrected chi connectivity index (χ1v) is 24.9. The van der Waals surface area contributed by atoms with E-state index in [1.807, 2.05) is 22.7 Å². The van der Waals surface area contributed by atoms with Crippen LogP contribution in [-0.4, -0.2) is 0 Å². The Bertz CT molecular complexity index is 4100. The predicted molar refractivity (Wildman–Crippen MR) is 295 cm³/mol. The first-order chi connectivity index (χ1) is 34.2. The molecule has 0 saturated carbocycles. The van der Waals surface area contributed by atoms with Crippen LogP contribution in [0.1, 0.15) is 0 Å². The van der Waals surface area contributed by atoms with Crippen molar-refractivity contribution in [3.63, 3.8) is 0 Å². The summed E-state index contributed by atoms with van der Waals surface area (Å²) in [4.78, 5) is 4.84. The van der Waals surface area contributed by atoms with Crippen LogP contribution in [0.25, 0.3) is 84.5 Å². The fourth-order valence-corrected chi connectivity index (χ4v) is 12.9. The molecule has 5 heteroatoms. The van der Waals surface area contributed by atoms with E-state index in [0.717, 1.165) is 67.5 Å². The van der Waals surface area contributed by atoms with Crippen molar-refractivity contribution in [1.29, 1.82) is 0 Å². The Morgan fingerprint density at radius 1 is 0.290 bits per heavy atom. The van der Waals surface area contributed by atoms with E-state index in [4.69, 9.17) is 4.74 Å². The van der Waals surface area contributed by atoms with E-state index < -0.39 is 0 Å². The van der Waals surface area contributed by atoms with Crippen LogP contribution >= 0.6 is 22.7 Å². The summed E-state index contributed by atoms with van der Waals surface area (Å²) in [5.41, 5.74) is 13.6. The summed E-state index contributed by atoms with van der Waals surface area (Å²) in [6, 6.07) is 87.9. The zero-order valence-corrected chi connectivity index (χ0v) is 38.8. The van der Waals surface area contributed by atoms with Crippen LogP contribution in [0, 0.1) is 0 Å². The van der Waals surface area contributed by atoms with Crippen molar-refractivity contribution < 1.29 is 4.74 Å². The molecule has 1 aliphatic rings. The Kier molecular flexibility index (Phi) is 9.26. The van der Waals surface area contributed by atoms with Crippen LogP contribution in [0.2, 0.25) is 0 Å². The van der Waals surface area contributed by atoms with Gasteiger partial charge in [-0.05, 0) is 101 Å². The lowest BCUT2D eigenvalue weighted by molar-refractivity contribution is 0.487. The Balaban J connectivity index is 0.922. The van der Waals surface area contributed by atoms with E-state index in [0.29, 0.717) is 0 Å². The van der Waals surface area contributed by atoms with Gasteiger partial charge < -0.3 is 14.5 Å². The number of rotatable bonds is 8. The molecule has 0 radical (unpaired) electrons. The maximum Gasteiger partial charge on any atom is 0.137 e. The third-order valence-electron chi connectivity index (χ3n) is 13.7. The van der Waals surface area contributed by atoms with Gasteiger partial charge in [-0.1, -0.05) is 164 Å². The van der Waals surface area contributed by atoms with Gasteiger partial charge in [0.05, 0.1) is 26.5 Å². The number of thiophene rings is 2. The Morgan fingerprint density at radius 2 is 0.754 bits per heavy atom. The highest BCUT2D eigenvalue weighted by atomic mass is 32.1. The SMILES string of the molecule is c1ccc(-c2ccc(N(c3ccc4c(c3)Oc3cccc5c(N(c6ccc(-c7ccccc7)cc6)c6cccc7c6sc6ccccc67)ccc-4c35)c3cccc4c3sc3ccccc34)cc2)cc1. The third kappa shape index (κ3) is 6.54. The van der Waals surface area contributed by atoms with Gasteiger partial charge in [-0.15, -0.1) is 22.7 Å². The number of ether oxygens (including phenoxy) is 1. The van der Waals surface area contributed by atoms with Crippen molar-refractivity contribution in [2.45, 2.75) is 0 Å². The van der Waals surface area contributed by atoms with E-state index in [1.54, 1.807) is 0 Å². The average molecular weight is 917 g/mol. The molecule has 11 aromatic carbocycles. The van der Waals surface area contributed by atoms with Gasteiger partial charge in [0.25, 0.3) is 0 Å². The van der Waals surface area contributed by atoms with E-state index >= 15 is 0 Å². The molecule has 324 valence electrons. The van der Waals surface area contributed by atoms with Gasteiger partial charge >= 0.3 is 0 Å². The fourth-order valence-electron chi connectivity index (χ4n) is 10.5. The lowest BCUT2D eigenvalue weighted by Gasteiger charge is -2.30. The zero-order valence-electron chi connectivity index (χ0n) is 37.2. The lowest BCUT2D eigenvalue weighted by Crippen LogP contribution is -2.12. The first kappa shape index (κ1) is 39.7. The first-order valence-electron chi connectivity index (χ1n) is 23.3. The number of hydrogen-bond acceptors (Lipinski definition) is 5. The summed E-state index contributed by atoms with van der Waals surface area (Å²) in [6.07, 6.45) is 0. The van der Waals surface area contributed by atoms with Gasteiger partial charge in [0.1, 0.15) is 11.5 Å². The number of fused-ring (bicyclic) bond motifs is 8. The van der Waals surface area contributed by atoms with Crippen molar-refractivity contribution >= 4 is 108 Å². The van der Waals surface area contributed by atoms with Gasteiger partial charge in [-0.2, -0.15) is 0 Å². The zero-order chi connectivity index (χ0) is 45.4. The molecule has 0 amide bonds. The summed E-state index contributed by atoms with van der Waals surface area (Å²) in [5, 5.41) is 7.31. The van der Waals surface area contributed by atoms with Crippen LogP contribution in [0.4, 0.5) is 34.1 Å². The van der Waals surface area contributed by atoms with Crippen LogP contribution in [-0.2, 0) is 0 Å². The summed E-state index contributed by atoms with van der Waals surface area (Å²) in [5.74, 6) is 1.68. The van der Waals surface area contributed by atoms with Crippen molar-refractivity contribution in [3.05, 3.63) is 243 Å². The topological polar surface area (TPSA) is 15.7 Å². The predicted octanol–water partition coefficient (Wildman–Crippen LogP) is 19.6. The minimum absolute atomic E-state index is 0.832. The molecule has 0 N–H and O–H groups in total. The average Bonchev–Trinajstić information content (AvgIpc) is 4.00. The largest absolute Gasteiger partial charge is 0.456 e. The van der Waals surface area contributed by atoms with Crippen molar-refractivity contribution in [2.75, 3.05) is 9.80 Å². The highest BCUT2D eigenvalue weighted by Gasteiger charge is 2.27. The van der Waals surface area contributed by atoms with E-state index in [9.17, 15) is 0 Å². The summed E-state index contributed by atoms with van der Waals surface area (Å²) < 4.78 is 12.2. The summed E-state index contributed by atoms with van der Waals surface area (Å²) in [6.45, 7) is 0. The molecule has 1 aliphatic heterocycles. The molecule has 0 aliphatic carbocycles. The number of nitrogens with zero attached hydrogens (tertiary/aromatic N) is 2. The molecule has 13 aromatic rings. The van der Waals surface area contributed by atoms with Crippen molar-refractivity contribution in [3.8, 4) is 44.9 Å². The van der Waals surface area contributed by atoms with Gasteiger partial charge in [-0.3, -0.25) is 0 Å². The molecule has 0 spiro atoms. The number of benzene rings is 11. The highest BCUT2D eigenvalue weighted by molar-refractivity contribution is 7.26. The second-order valence-corrected chi connectivity index (χ2v) is 19.7. The number of hydrogen-bond donors (Lipinski definition) is 0. The quantitative estimate of drug-likeness (QED) is 0.151. The standard InChI is InChI=1S/C64H40N2OS2/c1-3-14-41(15-4-1)43-28-32-45(33-29-43)65(56-23-11-20-52-49-18-7-9-26-60(49)68-63(52)56)47-36-37-48-51-38-39-55(54-22-13-25-58(62(51)54)67-59(48)40-47)66(46-34-30-44(31-35-46)42-16-5-2-6-17-42)57-24-12-21-53-50-19-8-10-27-61(50)69-64(53)57/h1-40H. The lowest BCUT2D eigenvalue weighted by atomic mass is 9.92. The van der Waals surface area contributed by atoms with E-state index in [-0.39, 0.29) is 0 Å². The smallest absolute Gasteiger partial charge is 0.137 e. The molecule has 0 atom stereocenters. The van der Waals surface area contributed by atoms with Crippen LogP contribution in [0.15, 0.2) is 243 Å². The highest BCUT2D eigenvalue weighted by Crippen LogP contribution is 2.54. The Hall–Kier alpha value is -8.48. The molecule has 0 unspecified atom stereocenters. The van der Waals surface area contributed by atoms with Gasteiger partial charge in [0, 0.05) is 70.4 Å². The fraction of sp³-hybridized carbons (Fsp3) is 0.